The van der Waals surface area contributed by atoms with E-state index in [0.29, 0.717) is 19.0 Å². The molecular weight excluding hydrogens is 300 g/mol. The fourth-order valence-electron chi connectivity index (χ4n) is 2.72. The number of carbonyl (C=O) groups excluding carboxylic acids is 1. The van der Waals surface area contributed by atoms with Gasteiger partial charge in [0, 0.05) is 24.2 Å². The highest BCUT2D eigenvalue weighted by Crippen LogP contribution is 2.30. The Morgan fingerprint density at radius 1 is 1.27 bits per heavy atom. The average molecular weight is 325 g/mol. The lowest BCUT2D eigenvalue weighted by Crippen LogP contribution is -2.43. The molecule has 22 heavy (non-hydrogen) atoms. The summed E-state index contributed by atoms with van der Waals surface area (Å²) in [6.45, 7) is 7.04. The monoisotopic (exact) mass is 324 g/mol. The molecule has 1 heterocycles. The number of carbonyl (C=O) groups is 1. The predicted octanol–water partition coefficient (Wildman–Crippen LogP) is 3.99. The van der Waals surface area contributed by atoms with Crippen LogP contribution in [0.25, 0.3) is 0 Å². The van der Waals surface area contributed by atoms with E-state index in [9.17, 15) is 4.79 Å². The summed E-state index contributed by atoms with van der Waals surface area (Å²) in [5, 5.41) is 0.718. The number of ether oxygens (including phenoxy) is 1. The van der Waals surface area contributed by atoms with Crippen LogP contribution < -0.4 is 5.73 Å². The third-order valence-electron chi connectivity index (χ3n) is 3.95. The Kier molecular flexibility index (Phi) is 5.35. The zero-order valence-electron chi connectivity index (χ0n) is 13.5. The maximum Gasteiger partial charge on any atom is 0.410 e. The van der Waals surface area contributed by atoms with E-state index in [1.165, 1.54) is 0 Å². The summed E-state index contributed by atoms with van der Waals surface area (Å²) in [5.41, 5.74) is 7.01. The number of nitrogens with two attached hydrogens (primary N) is 1. The fourth-order valence-corrected chi connectivity index (χ4v) is 2.85. The van der Waals surface area contributed by atoms with Gasteiger partial charge in [0.2, 0.25) is 0 Å². The van der Waals surface area contributed by atoms with Gasteiger partial charge in [-0.1, -0.05) is 23.7 Å². The number of nitrogens with zero attached hydrogens (tertiary/aromatic N) is 1. The molecule has 1 aromatic carbocycles. The largest absolute Gasteiger partial charge is 0.444 e. The van der Waals surface area contributed by atoms with Crippen molar-refractivity contribution >= 4 is 17.7 Å². The van der Waals surface area contributed by atoms with E-state index in [2.05, 4.69) is 0 Å². The lowest BCUT2D eigenvalue weighted by molar-refractivity contribution is 0.0174. The van der Waals surface area contributed by atoms with Gasteiger partial charge in [0.1, 0.15) is 5.60 Å². The van der Waals surface area contributed by atoms with E-state index in [-0.39, 0.29) is 12.1 Å². The summed E-state index contributed by atoms with van der Waals surface area (Å²) in [6, 6.07) is 7.68. The summed E-state index contributed by atoms with van der Waals surface area (Å²) in [6.07, 6.45) is 1.55. The van der Waals surface area contributed by atoms with Crippen LogP contribution in [0.15, 0.2) is 24.3 Å². The maximum atomic E-state index is 12.1. The van der Waals surface area contributed by atoms with Crippen LogP contribution in [0.4, 0.5) is 4.79 Å². The first-order chi connectivity index (χ1) is 10.3. The molecule has 1 aliphatic heterocycles. The van der Waals surface area contributed by atoms with Crippen molar-refractivity contribution in [2.75, 3.05) is 13.1 Å². The van der Waals surface area contributed by atoms with Crippen molar-refractivity contribution in [3.8, 4) is 0 Å². The second-order valence-electron chi connectivity index (χ2n) is 6.88. The maximum absolute atomic E-state index is 12.1. The molecule has 1 aromatic rings. The van der Waals surface area contributed by atoms with Gasteiger partial charge in [-0.2, -0.15) is 0 Å². The molecule has 5 heteroatoms. The summed E-state index contributed by atoms with van der Waals surface area (Å²) >= 11 is 5.91. The minimum atomic E-state index is -0.451. The zero-order valence-corrected chi connectivity index (χ0v) is 14.3. The number of piperidine rings is 1. The van der Waals surface area contributed by atoms with Gasteiger partial charge in [-0.05, 0) is 57.2 Å². The van der Waals surface area contributed by atoms with Gasteiger partial charge < -0.3 is 15.4 Å². The smallest absolute Gasteiger partial charge is 0.410 e. The molecule has 1 amide bonds. The predicted molar refractivity (Wildman–Crippen MR) is 88.9 cm³/mol. The SMILES string of the molecule is CC(C)(C)OC(=O)N1CCC([C@@H](N)c2ccc(Cl)cc2)CC1. The highest BCUT2D eigenvalue weighted by Gasteiger charge is 2.29. The first-order valence-corrected chi connectivity index (χ1v) is 8.13. The van der Waals surface area contributed by atoms with Crippen LogP contribution in [0.5, 0.6) is 0 Å². The molecule has 0 unspecified atom stereocenters. The number of likely N-dealkylation sites (tertiary alicyclic amines) is 1. The first kappa shape index (κ1) is 17.1. The lowest BCUT2D eigenvalue weighted by Gasteiger charge is -2.35. The number of amides is 1. The normalized spacial score (nSPS) is 18.1. The molecule has 0 spiro atoms. The summed E-state index contributed by atoms with van der Waals surface area (Å²) in [4.78, 5) is 13.8. The first-order valence-electron chi connectivity index (χ1n) is 7.75. The van der Waals surface area contributed by atoms with Crippen LogP contribution in [-0.4, -0.2) is 29.7 Å². The molecular formula is C17H25ClN2O2. The summed E-state index contributed by atoms with van der Waals surface area (Å²) < 4.78 is 5.41. The summed E-state index contributed by atoms with van der Waals surface area (Å²) in [7, 11) is 0. The third kappa shape index (κ3) is 4.62. The van der Waals surface area contributed by atoms with Crippen molar-refractivity contribution in [2.45, 2.75) is 45.3 Å². The standard InChI is InChI=1S/C17H25ClN2O2/c1-17(2,3)22-16(21)20-10-8-13(9-11-20)15(19)12-4-6-14(18)7-5-12/h4-7,13,15H,8-11,19H2,1-3H3/t15-/m0/s1. The molecule has 122 valence electrons. The van der Waals surface area contributed by atoms with Crippen molar-refractivity contribution in [2.24, 2.45) is 11.7 Å². The molecule has 1 fully saturated rings. The van der Waals surface area contributed by atoms with Crippen LogP contribution in [0.2, 0.25) is 5.02 Å². The Hall–Kier alpha value is -1.26. The van der Waals surface area contributed by atoms with Crippen LogP contribution in [-0.2, 0) is 4.74 Å². The van der Waals surface area contributed by atoms with Crippen molar-refractivity contribution in [3.05, 3.63) is 34.9 Å². The number of benzene rings is 1. The Bertz CT molecular complexity index is 502. The van der Waals surface area contributed by atoms with E-state index in [0.717, 1.165) is 23.4 Å². The molecule has 0 aromatic heterocycles. The average Bonchev–Trinajstić information content (AvgIpc) is 2.46. The molecule has 4 nitrogen and oxygen atoms in total. The molecule has 0 radical (unpaired) electrons. The van der Waals surface area contributed by atoms with E-state index in [1.54, 1.807) is 4.90 Å². The molecule has 0 saturated carbocycles. The highest BCUT2D eigenvalue weighted by molar-refractivity contribution is 6.30. The van der Waals surface area contributed by atoms with Crippen LogP contribution in [0.1, 0.15) is 45.2 Å². The van der Waals surface area contributed by atoms with Crippen molar-refractivity contribution in [1.82, 2.24) is 4.90 Å². The van der Waals surface area contributed by atoms with Gasteiger partial charge in [-0.15, -0.1) is 0 Å². The lowest BCUT2D eigenvalue weighted by atomic mass is 9.86. The second kappa shape index (κ2) is 6.88. The fraction of sp³-hybridized carbons (Fsp3) is 0.588. The molecule has 0 aliphatic carbocycles. The van der Waals surface area contributed by atoms with E-state index in [1.807, 2.05) is 45.0 Å². The van der Waals surface area contributed by atoms with Crippen LogP contribution in [0, 0.1) is 5.92 Å². The number of rotatable bonds is 2. The van der Waals surface area contributed by atoms with E-state index < -0.39 is 5.60 Å². The quantitative estimate of drug-likeness (QED) is 0.895. The Morgan fingerprint density at radius 3 is 2.32 bits per heavy atom. The molecule has 2 N–H and O–H groups in total. The summed E-state index contributed by atoms with van der Waals surface area (Å²) in [5.74, 6) is 0.375. The van der Waals surface area contributed by atoms with E-state index in [4.69, 9.17) is 22.1 Å². The highest BCUT2D eigenvalue weighted by atomic mass is 35.5. The second-order valence-corrected chi connectivity index (χ2v) is 7.32. The topological polar surface area (TPSA) is 55.6 Å². The Morgan fingerprint density at radius 2 is 1.82 bits per heavy atom. The van der Waals surface area contributed by atoms with Crippen molar-refractivity contribution in [1.29, 1.82) is 0 Å². The number of hydrogen-bond donors (Lipinski definition) is 1. The minimum absolute atomic E-state index is 0.0157. The zero-order chi connectivity index (χ0) is 16.3. The van der Waals surface area contributed by atoms with Gasteiger partial charge in [0.05, 0.1) is 0 Å². The van der Waals surface area contributed by atoms with Gasteiger partial charge in [-0.25, -0.2) is 4.79 Å². The van der Waals surface area contributed by atoms with Crippen LogP contribution >= 0.6 is 11.6 Å². The molecule has 1 aliphatic rings. The third-order valence-corrected chi connectivity index (χ3v) is 4.21. The van der Waals surface area contributed by atoms with Crippen LogP contribution in [0.3, 0.4) is 0 Å². The number of hydrogen-bond acceptors (Lipinski definition) is 3. The van der Waals surface area contributed by atoms with Gasteiger partial charge >= 0.3 is 6.09 Å². The van der Waals surface area contributed by atoms with E-state index >= 15 is 0 Å². The molecule has 2 rings (SSSR count). The molecule has 0 bridgehead atoms. The molecule has 1 saturated heterocycles. The molecule has 1 atom stereocenters. The Balaban J connectivity index is 1.89. The minimum Gasteiger partial charge on any atom is -0.444 e. The van der Waals surface area contributed by atoms with Crippen molar-refractivity contribution in [3.63, 3.8) is 0 Å². The van der Waals surface area contributed by atoms with Crippen molar-refractivity contribution < 1.29 is 9.53 Å². The van der Waals surface area contributed by atoms with Gasteiger partial charge in [-0.3, -0.25) is 0 Å². The van der Waals surface area contributed by atoms with Gasteiger partial charge in [0.25, 0.3) is 0 Å². The van der Waals surface area contributed by atoms with Gasteiger partial charge in [0.15, 0.2) is 0 Å². The Labute approximate surface area is 137 Å². The number of halogens is 1.